The van der Waals surface area contributed by atoms with E-state index in [9.17, 15) is 4.79 Å². The Morgan fingerprint density at radius 2 is 2.14 bits per heavy atom. The topological polar surface area (TPSA) is 38.8 Å². The van der Waals surface area contributed by atoms with E-state index in [1.807, 2.05) is 29.2 Å². The van der Waals surface area contributed by atoms with Gasteiger partial charge in [-0.3, -0.25) is 4.79 Å². The summed E-state index contributed by atoms with van der Waals surface area (Å²) >= 11 is 1.67. The van der Waals surface area contributed by atoms with Gasteiger partial charge in [-0.05, 0) is 18.9 Å². The van der Waals surface area contributed by atoms with Gasteiger partial charge in [-0.15, -0.1) is 11.8 Å². The molecule has 2 rings (SSSR count). The number of hydrogen-bond acceptors (Lipinski definition) is 4. The highest BCUT2D eigenvalue weighted by molar-refractivity contribution is 8.00. The predicted molar refractivity (Wildman–Crippen MR) is 85.6 cm³/mol. The second-order valence-corrected chi connectivity index (χ2v) is 6.03. The maximum Gasteiger partial charge on any atom is 0.233 e. The van der Waals surface area contributed by atoms with Crippen molar-refractivity contribution in [3.05, 3.63) is 29.8 Å². The largest absolute Gasteiger partial charge is 0.496 e. The van der Waals surface area contributed by atoms with Gasteiger partial charge in [-0.1, -0.05) is 25.1 Å². The Bertz CT molecular complexity index is 467. The Kier molecular flexibility index (Phi) is 6.39. The molecule has 21 heavy (non-hydrogen) atoms. The molecule has 1 aliphatic heterocycles. The molecule has 0 saturated carbocycles. The molecule has 116 valence electrons. The third kappa shape index (κ3) is 4.14. The van der Waals surface area contributed by atoms with Gasteiger partial charge in [0.15, 0.2) is 0 Å². The summed E-state index contributed by atoms with van der Waals surface area (Å²) in [6, 6.07) is 7.92. The molecule has 1 aliphatic rings. The fourth-order valence-corrected chi connectivity index (χ4v) is 3.65. The zero-order valence-corrected chi connectivity index (χ0v) is 13.5. The average molecular weight is 309 g/mol. The number of carbonyl (C=O) groups is 1. The van der Waals surface area contributed by atoms with E-state index in [-0.39, 0.29) is 11.3 Å². The van der Waals surface area contributed by atoms with Crippen LogP contribution in [0.25, 0.3) is 0 Å². The van der Waals surface area contributed by atoms with E-state index in [1.165, 1.54) is 0 Å². The normalized spacial score (nSPS) is 18.3. The first-order valence-corrected chi connectivity index (χ1v) is 8.44. The van der Waals surface area contributed by atoms with Gasteiger partial charge in [0.1, 0.15) is 11.1 Å². The van der Waals surface area contributed by atoms with E-state index >= 15 is 0 Å². The molecule has 0 radical (unpaired) electrons. The molecule has 1 saturated heterocycles. The lowest BCUT2D eigenvalue weighted by atomic mass is 10.1. The number of methoxy groups -OCH3 is 1. The van der Waals surface area contributed by atoms with Crippen LogP contribution in [0.3, 0.4) is 0 Å². The Morgan fingerprint density at radius 3 is 2.90 bits per heavy atom. The van der Waals surface area contributed by atoms with Crippen molar-refractivity contribution in [2.45, 2.75) is 25.1 Å². The quantitative estimate of drug-likeness (QED) is 0.692. The first-order chi connectivity index (χ1) is 10.3. The van der Waals surface area contributed by atoms with Crippen LogP contribution in [0.5, 0.6) is 5.75 Å². The van der Waals surface area contributed by atoms with E-state index in [4.69, 9.17) is 9.47 Å². The zero-order chi connectivity index (χ0) is 15.1. The highest BCUT2D eigenvalue weighted by Crippen LogP contribution is 2.42. The van der Waals surface area contributed by atoms with Crippen LogP contribution in [-0.2, 0) is 9.53 Å². The molecule has 0 aromatic heterocycles. The fourth-order valence-electron chi connectivity index (χ4n) is 2.41. The molecule has 1 aromatic rings. The van der Waals surface area contributed by atoms with Crippen LogP contribution >= 0.6 is 11.8 Å². The van der Waals surface area contributed by atoms with Crippen molar-refractivity contribution in [3.8, 4) is 5.75 Å². The third-order valence-electron chi connectivity index (χ3n) is 3.41. The second kappa shape index (κ2) is 8.29. The number of carbonyl (C=O) groups excluding carboxylic acids is 1. The van der Waals surface area contributed by atoms with E-state index in [0.29, 0.717) is 12.4 Å². The molecule has 4 nitrogen and oxygen atoms in total. The van der Waals surface area contributed by atoms with E-state index < -0.39 is 0 Å². The lowest BCUT2D eigenvalue weighted by Gasteiger charge is -2.25. The number of nitrogens with zero attached hydrogens (tertiary/aromatic N) is 1. The SMILES string of the molecule is CCCOCCCN1C(=O)CSC1c1ccccc1OC. The summed E-state index contributed by atoms with van der Waals surface area (Å²) < 4.78 is 10.9. The molecule has 1 atom stereocenters. The number of hydrogen-bond donors (Lipinski definition) is 0. The van der Waals surface area contributed by atoms with Gasteiger partial charge in [0.05, 0.1) is 12.9 Å². The monoisotopic (exact) mass is 309 g/mol. The molecule has 0 N–H and O–H groups in total. The number of rotatable bonds is 8. The summed E-state index contributed by atoms with van der Waals surface area (Å²) in [4.78, 5) is 14.0. The molecule has 0 spiro atoms. The van der Waals surface area contributed by atoms with E-state index in [0.717, 1.165) is 37.3 Å². The van der Waals surface area contributed by atoms with Crippen LogP contribution < -0.4 is 4.74 Å². The predicted octanol–water partition coefficient (Wildman–Crippen LogP) is 3.09. The molecule has 1 heterocycles. The molecule has 1 amide bonds. The van der Waals surface area contributed by atoms with Gasteiger partial charge >= 0.3 is 0 Å². The van der Waals surface area contributed by atoms with Crippen molar-refractivity contribution in [1.29, 1.82) is 0 Å². The molecular formula is C16H23NO3S. The number of benzene rings is 1. The van der Waals surface area contributed by atoms with Crippen LogP contribution in [0.15, 0.2) is 24.3 Å². The molecule has 5 heteroatoms. The van der Waals surface area contributed by atoms with Crippen molar-refractivity contribution >= 4 is 17.7 Å². The summed E-state index contributed by atoms with van der Waals surface area (Å²) in [5.74, 6) is 1.58. The van der Waals surface area contributed by atoms with Crippen molar-refractivity contribution in [2.75, 3.05) is 32.6 Å². The standard InChI is InChI=1S/C16H23NO3S/c1-3-10-20-11-6-9-17-15(18)12-21-16(17)13-7-4-5-8-14(13)19-2/h4-5,7-8,16H,3,6,9-12H2,1-2H3. The zero-order valence-electron chi connectivity index (χ0n) is 12.7. The molecule has 1 aromatic carbocycles. The maximum atomic E-state index is 12.1. The van der Waals surface area contributed by atoms with Gasteiger partial charge in [0, 0.05) is 25.3 Å². The van der Waals surface area contributed by atoms with E-state index in [2.05, 4.69) is 6.92 Å². The van der Waals surface area contributed by atoms with Crippen LogP contribution in [0.2, 0.25) is 0 Å². The summed E-state index contributed by atoms with van der Waals surface area (Å²) in [7, 11) is 1.67. The van der Waals surface area contributed by atoms with E-state index in [1.54, 1.807) is 18.9 Å². The molecule has 1 unspecified atom stereocenters. The lowest BCUT2D eigenvalue weighted by Crippen LogP contribution is -2.30. The Balaban J connectivity index is 1.99. The molecule has 1 fully saturated rings. The molecule has 0 bridgehead atoms. The van der Waals surface area contributed by atoms with Gasteiger partial charge in [0.25, 0.3) is 0 Å². The third-order valence-corrected chi connectivity index (χ3v) is 4.65. The highest BCUT2D eigenvalue weighted by Gasteiger charge is 2.33. The smallest absolute Gasteiger partial charge is 0.233 e. The molecule has 0 aliphatic carbocycles. The average Bonchev–Trinajstić information content (AvgIpc) is 2.88. The first kappa shape index (κ1) is 16.2. The number of thioether (sulfide) groups is 1. The van der Waals surface area contributed by atoms with Crippen LogP contribution in [0, 0.1) is 0 Å². The van der Waals surface area contributed by atoms with Crippen molar-refractivity contribution < 1.29 is 14.3 Å². The van der Waals surface area contributed by atoms with Crippen LogP contribution in [-0.4, -0.2) is 43.4 Å². The minimum Gasteiger partial charge on any atom is -0.496 e. The minimum atomic E-state index is 0.0554. The van der Waals surface area contributed by atoms with Crippen molar-refractivity contribution in [3.63, 3.8) is 0 Å². The Morgan fingerprint density at radius 1 is 1.33 bits per heavy atom. The number of para-hydroxylation sites is 1. The summed E-state index contributed by atoms with van der Waals surface area (Å²) in [6.07, 6.45) is 1.90. The summed E-state index contributed by atoms with van der Waals surface area (Å²) in [5, 5.41) is 0.0554. The van der Waals surface area contributed by atoms with Gasteiger partial charge in [-0.25, -0.2) is 0 Å². The highest BCUT2D eigenvalue weighted by atomic mass is 32.2. The molecular weight excluding hydrogens is 286 g/mol. The Hall–Kier alpha value is -1.20. The maximum absolute atomic E-state index is 12.1. The van der Waals surface area contributed by atoms with Crippen molar-refractivity contribution in [2.24, 2.45) is 0 Å². The fraction of sp³-hybridized carbons (Fsp3) is 0.562. The lowest BCUT2D eigenvalue weighted by molar-refractivity contribution is -0.128. The second-order valence-electron chi connectivity index (χ2n) is 4.96. The van der Waals surface area contributed by atoms with Crippen LogP contribution in [0.1, 0.15) is 30.7 Å². The van der Waals surface area contributed by atoms with Gasteiger partial charge in [0.2, 0.25) is 5.91 Å². The summed E-state index contributed by atoms with van der Waals surface area (Å²) in [6.45, 7) is 4.33. The van der Waals surface area contributed by atoms with Crippen LogP contribution in [0.4, 0.5) is 0 Å². The minimum absolute atomic E-state index is 0.0554. The number of amides is 1. The Labute approximate surface area is 130 Å². The summed E-state index contributed by atoms with van der Waals surface area (Å²) in [5.41, 5.74) is 1.07. The number of ether oxygens (including phenoxy) is 2. The van der Waals surface area contributed by atoms with Crippen molar-refractivity contribution in [1.82, 2.24) is 4.90 Å². The first-order valence-electron chi connectivity index (χ1n) is 7.39. The van der Waals surface area contributed by atoms with Gasteiger partial charge < -0.3 is 14.4 Å². The van der Waals surface area contributed by atoms with Gasteiger partial charge in [-0.2, -0.15) is 0 Å².